The fourth-order valence-electron chi connectivity index (χ4n) is 7.42. The van der Waals surface area contributed by atoms with E-state index in [0.717, 1.165) is 18.4 Å². The average Bonchev–Trinajstić information content (AvgIpc) is 3.37. The number of aliphatic hydroxyl groups is 2. The largest absolute Gasteiger partial charge is 0.456 e. The highest BCUT2D eigenvalue weighted by atomic mass is 16.6. The number of allylic oxidation sites excluding steroid dienone is 2. The van der Waals surface area contributed by atoms with Gasteiger partial charge in [-0.1, -0.05) is 18.6 Å². The van der Waals surface area contributed by atoms with E-state index in [0.29, 0.717) is 19.3 Å². The van der Waals surface area contributed by atoms with Gasteiger partial charge in [-0.25, -0.2) is 4.79 Å². The van der Waals surface area contributed by atoms with Gasteiger partial charge in [-0.3, -0.25) is 9.59 Å². The highest BCUT2D eigenvalue weighted by Crippen LogP contribution is 2.75. The Morgan fingerprint density at radius 3 is 2.77 bits per heavy atom. The van der Waals surface area contributed by atoms with Crippen molar-refractivity contribution in [3.63, 3.8) is 0 Å². The Kier molecular flexibility index (Phi) is 4.09. The van der Waals surface area contributed by atoms with Gasteiger partial charge in [-0.2, -0.15) is 0 Å². The Morgan fingerprint density at radius 2 is 2.03 bits per heavy atom. The molecule has 5 aliphatic rings. The maximum absolute atomic E-state index is 12.9. The SMILES string of the molecule is C[C@]12C=CC(=O)C=C1CC[C@H]1[C@@H]3CC[C@](O)(C(=O)COC(=O)CO)[C@@]3(C)C[C@@H]3O[C@@]312. The Labute approximate surface area is 175 Å². The van der Waals surface area contributed by atoms with Crippen molar-refractivity contribution in [2.75, 3.05) is 13.2 Å². The maximum atomic E-state index is 12.9. The molecule has 0 bridgehead atoms. The van der Waals surface area contributed by atoms with Crippen LogP contribution in [0.2, 0.25) is 0 Å². The lowest BCUT2D eigenvalue weighted by atomic mass is 9.47. The Hall–Kier alpha value is -1.83. The van der Waals surface area contributed by atoms with Gasteiger partial charge in [-0.05, 0) is 63.0 Å². The number of esters is 1. The summed E-state index contributed by atoms with van der Waals surface area (Å²) in [4.78, 5) is 36.2. The van der Waals surface area contributed by atoms with E-state index in [2.05, 4.69) is 6.92 Å². The zero-order valence-corrected chi connectivity index (χ0v) is 17.3. The van der Waals surface area contributed by atoms with Gasteiger partial charge in [0.15, 0.2) is 12.4 Å². The molecule has 162 valence electrons. The number of hydrogen-bond donors (Lipinski definition) is 2. The van der Waals surface area contributed by atoms with Crippen LogP contribution in [0.25, 0.3) is 0 Å². The number of carbonyl (C=O) groups excluding carboxylic acids is 3. The molecule has 1 heterocycles. The van der Waals surface area contributed by atoms with Gasteiger partial charge in [0.1, 0.15) is 17.8 Å². The summed E-state index contributed by atoms with van der Waals surface area (Å²) < 4.78 is 11.2. The van der Waals surface area contributed by atoms with E-state index >= 15 is 0 Å². The predicted octanol–water partition coefficient (Wildman–Crippen LogP) is 1.26. The number of ether oxygens (including phenoxy) is 2. The first kappa shape index (κ1) is 20.1. The molecule has 7 nitrogen and oxygen atoms in total. The molecule has 2 N–H and O–H groups in total. The minimum atomic E-state index is -1.58. The monoisotopic (exact) mass is 416 g/mol. The molecular formula is C23H28O7. The van der Waals surface area contributed by atoms with E-state index in [1.165, 1.54) is 0 Å². The van der Waals surface area contributed by atoms with Crippen LogP contribution in [0.5, 0.6) is 0 Å². The third-order valence-corrected chi connectivity index (χ3v) is 9.04. The first-order valence-electron chi connectivity index (χ1n) is 10.8. The number of carbonyl (C=O) groups is 3. The molecule has 4 fully saturated rings. The fraction of sp³-hybridized carbons (Fsp3) is 0.696. The molecule has 0 aromatic carbocycles. The number of ketones is 2. The van der Waals surface area contributed by atoms with Crippen LogP contribution < -0.4 is 0 Å². The van der Waals surface area contributed by atoms with Crippen LogP contribution in [-0.4, -0.2) is 58.3 Å². The van der Waals surface area contributed by atoms with Crippen molar-refractivity contribution in [1.82, 2.24) is 0 Å². The molecule has 1 aliphatic heterocycles. The Morgan fingerprint density at radius 1 is 1.27 bits per heavy atom. The summed E-state index contributed by atoms with van der Waals surface area (Å²) in [5, 5.41) is 20.4. The highest BCUT2D eigenvalue weighted by molar-refractivity contribution is 6.01. The summed E-state index contributed by atoms with van der Waals surface area (Å²) in [6, 6.07) is 0. The van der Waals surface area contributed by atoms with E-state index < -0.39 is 36.0 Å². The molecule has 30 heavy (non-hydrogen) atoms. The van der Waals surface area contributed by atoms with E-state index in [9.17, 15) is 19.5 Å². The lowest BCUT2D eigenvalue weighted by Crippen LogP contribution is -2.61. The summed E-state index contributed by atoms with van der Waals surface area (Å²) >= 11 is 0. The molecule has 4 aliphatic carbocycles. The number of aliphatic hydroxyl groups excluding tert-OH is 1. The van der Waals surface area contributed by atoms with Crippen LogP contribution in [0.1, 0.15) is 46.0 Å². The highest BCUT2D eigenvalue weighted by Gasteiger charge is 2.81. The minimum Gasteiger partial charge on any atom is -0.456 e. The smallest absolute Gasteiger partial charge is 0.332 e. The van der Waals surface area contributed by atoms with E-state index in [1.807, 2.05) is 13.0 Å². The molecule has 0 aromatic heterocycles. The summed E-state index contributed by atoms with van der Waals surface area (Å²) in [5.74, 6) is -1.08. The molecule has 3 saturated carbocycles. The van der Waals surface area contributed by atoms with Crippen LogP contribution in [0.4, 0.5) is 0 Å². The van der Waals surface area contributed by atoms with Crippen LogP contribution >= 0.6 is 0 Å². The molecule has 5 rings (SSSR count). The number of epoxide rings is 1. The molecule has 7 atom stereocenters. The minimum absolute atomic E-state index is 0.0217. The van der Waals surface area contributed by atoms with Gasteiger partial charge >= 0.3 is 5.97 Å². The van der Waals surface area contributed by atoms with Crippen molar-refractivity contribution in [2.24, 2.45) is 22.7 Å². The average molecular weight is 416 g/mol. The third-order valence-electron chi connectivity index (χ3n) is 9.04. The molecule has 1 spiro atoms. The van der Waals surface area contributed by atoms with Crippen molar-refractivity contribution in [2.45, 2.75) is 63.3 Å². The first-order chi connectivity index (χ1) is 14.1. The first-order valence-corrected chi connectivity index (χ1v) is 10.8. The van der Waals surface area contributed by atoms with E-state index in [-0.39, 0.29) is 34.7 Å². The van der Waals surface area contributed by atoms with E-state index in [1.54, 1.807) is 12.2 Å². The Balaban J connectivity index is 1.46. The molecular weight excluding hydrogens is 388 g/mol. The standard InChI is InChI=1S/C23H28O7/c1-20-7-5-14(25)9-13(20)3-4-16-15-6-8-22(28,17(26)12-29-19(27)11-24)21(15,2)10-18-23(16,20)30-18/h5,7,9,15-16,18,24,28H,3-4,6,8,10-12H2,1-2H3/t15-,16-,18-,20-,21-,22-,23+/m0/s1. The molecule has 0 amide bonds. The third kappa shape index (κ3) is 2.23. The van der Waals surface area contributed by atoms with E-state index in [4.69, 9.17) is 14.6 Å². The molecule has 1 saturated heterocycles. The van der Waals surface area contributed by atoms with Crippen molar-refractivity contribution in [1.29, 1.82) is 0 Å². The van der Waals surface area contributed by atoms with Crippen molar-refractivity contribution in [3.05, 3.63) is 23.8 Å². The predicted molar refractivity (Wildman–Crippen MR) is 104 cm³/mol. The fourth-order valence-corrected chi connectivity index (χ4v) is 7.42. The second-order valence-electron chi connectivity index (χ2n) is 10.0. The number of rotatable bonds is 4. The number of fused-ring (bicyclic) bond motifs is 3. The molecule has 7 heteroatoms. The topological polar surface area (TPSA) is 113 Å². The van der Waals surface area contributed by atoms with Crippen molar-refractivity contribution >= 4 is 17.5 Å². The van der Waals surface area contributed by atoms with Gasteiger partial charge in [0.05, 0.1) is 6.10 Å². The van der Waals surface area contributed by atoms with Crippen molar-refractivity contribution in [3.8, 4) is 0 Å². The van der Waals surface area contributed by atoms with Gasteiger partial charge in [0.25, 0.3) is 0 Å². The van der Waals surface area contributed by atoms with Crippen LogP contribution in [-0.2, 0) is 23.9 Å². The van der Waals surface area contributed by atoms with Gasteiger partial charge < -0.3 is 19.7 Å². The summed E-state index contributed by atoms with van der Waals surface area (Å²) in [6.45, 7) is 2.79. The quantitative estimate of drug-likeness (QED) is 0.524. The van der Waals surface area contributed by atoms with Crippen LogP contribution in [0.15, 0.2) is 23.8 Å². The maximum Gasteiger partial charge on any atom is 0.332 e. The van der Waals surface area contributed by atoms with Gasteiger partial charge in [0.2, 0.25) is 5.78 Å². The number of Topliss-reactive ketones (excluding diaryl/α,β-unsaturated/α-hetero) is 1. The lowest BCUT2D eigenvalue weighted by Gasteiger charge is -2.55. The van der Waals surface area contributed by atoms with Gasteiger partial charge in [-0.15, -0.1) is 0 Å². The second-order valence-corrected chi connectivity index (χ2v) is 10.0. The van der Waals surface area contributed by atoms with Crippen molar-refractivity contribution < 1.29 is 34.1 Å². The molecule has 0 aromatic rings. The summed E-state index contributed by atoms with van der Waals surface area (Å²) in [7, 11) is 0. The van der Waals surface area contributed by atoms with Gasteiger partial charge in [0, 0.05) is 10.8 Å². The number of hydrogen-bond acceptors (Lipinski definition) is 7. The zero-order valence-electron chi connectivity index (χ0n) is 17.3. The Bertz CT molecular complexity index is 905. The molecule has 0 radical (unpaired) electrons. The second kappa shape index (κ2) is 6.11. The van der Waals surface area contributed by atoms with Crippen LogP contribution in [0.3, 0.4) is 0 Å². The summed E-state index contributed by atoms with van der Waals surface area (Å²) in [5.41, 5.74) is -1.84. The zero-order chi connectivity index (χ0) is 21.5. The normalized spacial score (nSPS) is 48.1. The summed E-state index contributed by atoms with van der Waals surface area (Å²) in [6.07, 6.45) is 8.55. The van der Waals surface area contributed by atoms with Crippen LogP contribution in [0, 0.1) is 22.7 Å². The lowest BCUT2D eigenvalue weighted by molar-refractivity contribution is -0.167. The molecule has 0 unspecified atom stereocenters.